The molecule has 1 aromatic carbocycles. The number of hydrogen-bond acceptors (Lipinski definition) is 5. The number of nitrogens with one attached hydrogen (secondary N) is 2. The zero-order valence-corrected chi connectivity index (χ0v) is 13.5. The van der Waals surface area contributed by atoms with Gasteiger partial charge in [-0.25, -0.2) is 4.98 Å². The van der Waals surface area contributed by atoms with Crippen molar-refractivity contribution in [1.29, 1.82) is 0 Å². The molecule has 0 unspecified atom stereocenters. The van der Waals surface area contributed by atoms with Crippen molar-refractivity contribution in [3.05, 3.63) is 54.0 Å². The molecule has 7 nitrogen and oxygen atoms in total. The minimum Gasteiger partial charge on any atom is -0.369 e. The molecule has 0 aliphatic heterocycles. The molecule has 2 N–H and O–H groups in total. The molecule has 1 amide bonds. The fourth-order valence-corrected chi connectivity index (χ4v) is 2.27. The Morgan fingerprint density at radius 1 is 1.19 bits per heavy atom. The van der Waals surface area contributed by atoms with E-state index in [0.717, 1.165) is 22.5 Å². The number of hydrogen-bond donors (Lipinski definition) is 2. The van der Waals surface area contributed by atoms with Crippen LogP contribution in [0.4, 0.5) is 19.0 Å². The van der Waals surface area contributed by atoms with Crippen LogP contribution in [0.5, 0.6) is 0 Å². The van der Waals surface area contributed by atoms with Crippen LogP contribution in [0.25, 0.3) is 5.78 Å². The van der Waals surface area contributed by atoms with E-state index in [4.69, 9.17) is 0 Å². The summed E-state index contributed by atoms with van der Waals surface area (Å²) in [6.07, 6.45) is -3.40. The molecule has 0 aliphatic rings. The summed E-state index contributed by atoms with van der Waals surface area (Å²) < 4.78 is 39.9. The highest BCUT2D eigenvalue weighted by Crippen LogP contribution is 2.29. The highest BCUT2D eigenvalue weighted by molar-refractivity contribution is 5.76. The molecule has 0 aliphatic carbocycles. The number of alkyl halides is 3. The lowest BCUT2D eigenvalue weighted by Crippen LogP contribution is -2.25. The normalized spacial score (nSPS) is 11.5. The summed E-state index contributed by atoms with van der Waals surface area (Å²) in [6, 6.07) is 10.2. The molecule has 0 fully saturated rings. The Labute approximate surface area is 146 Å². The highest BCUT2D eigenvalue weighted by Gasteiger charge is 2.34. The van der Waals surface area contributed by atoms with Gasteiger partial charge in [-0.2, -0.15) is 27.8 Å². The van der Waals surface area contributed by atoms with Crippen molar-refractivity contribution in [2.24, 2.45) is 0 Å². The molecule has 0 saturated carbocycles. The Bertz CT molecular complexity index is 894. The molecular weight excluding hydrogens is 349 g/mol. The molecular formula is C16H15F3N6O. The van der Waals surface area contributed by atoms with E-state index in [1.54, 1.807) is 0 Å². The first-order valence-electron chi connectivity index (χ1n) is 7.76. The second kappa shape index (κ2) is 7.38. The van der Waals surface area contributed by atoms with Gasteiger partial charge in [0.25, 0.3) is 5.78 Å². The van der Waals surface area contributed by atoms with Gasteiger partial charge in [0, 0.05) is 25.6 Å². The van der Waals surface area contributed by atoms with E-state index >= 15 is 0 Å². The van der Waals surface area contributed by atoms with Gasteiger partial charge in [0.1, 0.15) is 12.1 Å². The number of anilines is 1. The maximum absolute atomic E-state index is 12.9. The van der Waals surface area contributed by atoms with Gasteiger partial charge in [0.2, 0.25) is 5.91 Å². The molecule has 10 heteroatoms. The van der Waals surface area contributed by atoms with Crippen molar-refractivity contribution in [3.8, 4) is 0 Å². The Hall–Kier alpha value is -3.17. The lowest BCUT2D eigenvalue weighted by molar-refractivity contribution is -0.141. The van der Waals surface area contributed by atoms with Crippen LogP contribution in [0, 0.1) is 0 Å². The van der Waals surface area contributed by atoms with E-state index in [1.165, 1.54) is 0 Å². The maximum Gasteiger partial charge on any atom is 0.433 e. The van der Waals surface area contributed by atoms with Crippen molar-refractivity contribution in [2.45, 2.75) is 19.1 Å². The Morgan fingerprint density at radius 2 is 1.96 bits per heavy atom. The van der Waals surface area contributed by atoms with Crippen LogP contribution in [0.1, 0.15) is 17.7 Å². The average Bonchev–Trinajstić information content (AvgIpc) is 3.09. The van der Waals surface area contributed by atoms with Crippen molar-refractivity contribution in [3.63, 3.8) is 0 Å². The van der Waals surface area contributed by atoms with Gasteiger partial charge < -0.3 is 10.6 Å². The summed E-state index contributed by atoms with van der Waals surface area (Å²) >= 11 is 0. The van der Waals surface area contributed by atoms with Gasteiger partial charge in [-0.15, -0.1) is 0 Å². The molecule has 0 saturated heterocycles. The number of benzene rings is 1. The van der Waals surface area contributed by atoms with Gasteiger partial charge in [0.15, 0.2) is 5.69 Å². The second-order valence-corrected chi connectivity index (χ2v) is 5.44. The third-order valence-electron chi connectivity index (χ3n) is 3.53. The van der Waals surface area contributed by atoms with Gasteiger partial charge in [-0.05, 0) is 5.56 Å². The largest absolute Gasteiger partial charge is 0.433 e. The first-order valence-corrected chi connectivity index (χ1v) is 7.76. The molecule has 3 rings (SSSR count). The number of nitrogens with zero attached hydrogens (tertiary/aromatic N) is 4. The number of fused-ring (bicyclic) bond motifs is 1. The van der Waals surface area contributed by atoms with Crippen LogP contribution in [0.2, 0.25) is 0 Å². The predicted molar refractivity (Wildman–Crippen MR) is 87.2 cm³/mol. The Balaban J connectivity index is 1.59. The van der Waals surface area contributed by atoms with Crippen LogP contribution in [0.3, 0.4) is 0 Å². The minimum atomic E-state index is -4.60. The first-order chi connectivity index (χ1) is 12.4. The van der Waals surface area contributed by atoms with E-state index in [2.05, 4.69) is 25.7 Å². The number of carbonyl (C=O) groups is 1. The Kier molecular flexibility index (Phi) is 5.01. The summed E-state index contributed by atoms with van der Waals surface area (Å²) in [4.78, 5) is 19.0. The molecule has 2 aromatic heterocycles. The quantitative estimate of drug-likeness (QED) is 0.701. The van der Waals surface area contributed by atoms with Crippen LogP contribution in [0.15, 0.2) is 42.7 Å². The van der Waals surface area contributed by atoms with E-state index in [0.29, 0.717) is 6.54 Å². The zero-order chi connectivity index (χ0) is 18.6. The van der Waals surface area contributed by atoms with E-state index in [1.807, 2.05) is 30.3 Å². The van der Waals surface area contributed by atoms with Crippen molar-refractivity contribution in [2.75, 3.05) is 11.9 Å². The number of carbonyl (C=O) groups excluding carboxylic acids is 1. The molecule has 2 heterocycles. The van der Waals surface area contributed by atoms with Crippen LogP contribution in [-0.4, -0.2) is 32.0 Å². The van der Waals surface area contributed by atoms with Crippen LogP contribution in [-0.2, 0) is 17.5 Å². The number of amides is 1. The predicted octanol–water partition coefficient (Wildman–Crippen LogP) is 2.26. The second-order valence-electron chi connectivity index (χ2n) is 5.44. The maximum atomic E-state index is 12.9. The monoisotopic (exact) mass is 364 g/mol. The van der Waals surface area contributed by atoms with Gasteiger partial charge in [-0.1, -0.05) is 30.3 Å². The number of halogens is 3. The average molecular weight is 364 g/mol. The summed E-state index contributed by atoms with van der Waals surface area (Å²) in [5.41, 5.74) is -0.115. The summed E-state index contributed by atoms with van der Waals surface area (Å²) in [7, 11) is 0. The number of rotatable bonds is 6. The summed E-state index contributed by atoms with van der Waals surface area (Å²) in [5, 5.41) is 9.35. The fourth-order valence-electron chi connectivity index (χ4n) is 2.27. The van der Waals surface area contributed by atoms with Crippen LogP contribution >= 0.6 is 0 Å². The van der Waals surface area contributed by atoms with E-state index in [-0.39, 0.29) is 30.5 Å². The lowest BCUT2D eigenvalue weighted by atomic mass is 10.2. The third-order valence-corrected chi connectivity index (χ3v) is 3.53. The van der Waals surface area contributed by atoms with Gasteiger partial charge in [0.05, 0.1) is 0 Å². The SMILES string of the molecule is O=C(CCNc1cc(C(F)(F)F)nc2ncnn12)NCc1ccccc1. The third kappa shape index (κ3) is 4.26. The fraction of sp³-hybridized carbons (Fsp3) is 0.250. The minimum absolute atomic E-state index is 0.0654. The van der Waals surface area contributed by atoms with E-state index in [9.17, 15) is 18.0 Å². The summed E-state index contributed by atoms with van der Waals surface area (Å²) in [6.45, 7) is 0.525. The van der Waals surface area contributed by atoms with Crippen molar-refractivity contribution >= 4 is 17.5 Å². The molecule has 136 valence electrons. The van der Waals surface area contributed by atoms with Crippen LogP contribution < -0.4 is 10.6 Å². The molecule has 0 atom stereocenters. The molecule has 3 aromatic rings. The number of aromatic nitrogens is 4. The molecule has 0 bridgehead atoms. The van der Waals surface area contributed by atoms with E-state index < -0.39 is 11.9 Å². The smallest absolute Gasteiger partial charge is 0.369 e. The molecule has 0 spiro atoms. The lowest BCUT2D eigenvalue weighted by Gasteiger charge is -2.11. The highest BCUT2D eigenvalue weighted by atomic mass is 19.4. The molecule has 0 radical (unpaired) electrons. The summed E-state index contributed by atoms with van der Waals surface area (Å²) in [5.74, 6) is -0.326. The Morgan fingerprint density at radius 3 is 2.69 bits per heavy atom. The van der Waals surface area contributed by atoms with Gasteiger partial charge in [-0.3, -0.25) is 4.79 Å². The standard InChI is InChI=1S/C16H15F3N6O/c17-16(18,19)12-8-13(25-15(24-12)22-10-23-25)20-7-6-14(26)21-9-11-4-2-1-3-5-11/h1-5,8,10,20H,6-7,9H2,(H,21,26). The topological polar surface area (TPSA) is 84.2 Å². The van der Waals surface area contributed by atoms with Crippen molar-refractivity contribution in [1.82, 2.24) is 24.9 Å². The van der Waals surface area contributed by atoms with Crippen molar-refractivity contribution < 1.29 is 18.0 Å². The first kappa shape index (κ1) is 17.6. The molecule has 26 heavy (non-hydrogen) atoms. The zero-order valence-electron chi connectivity index (χ0n) is 13.5. The van der Waals surface area contributed by atoms with Gasteiger partial charge >= 0.3 is 6.18 Å².